The molecule has 1 fully saturated rings. The van der Waals surface area contributed by atoms with Gasteiger partial charge >= 0.3 is 6.18 Å². The molecule has 34 heavy (non-hydrogen) atoms. The van der Waals surface area contributed by atoms with E-state index in [-0.39, 0.29) is 23.8 Å². The van der Waals surface area contributed by atoms with Crippen molar-refractivity contribution in [2.24, 2.45) is 5.92 Å². The number of ether oxygens (including phenoxy) is 1. The van der Waals surface area contributed by atoms with Crippen LogP contribution < -0.4 is 20.7 Å². The zero-order valence-corrected chi connectivity index (χ0v) is 19.0. The standard InChI is InChI=1S/C24H27F4N3O3/c1-13(2)22(15-6-9-17(18(25)11-15)24(26,27)28)31-23(33)19-12-21(32)30-20(29-19)10-14-4-7-16(34-3)8-5-14/h4-9,11,13,19-20,22,29H,10,12H2,1-3H3,(H,30,32)(H,31,33)/t19?,20?,22-/m1/s1. The monoisotopic (exact) mass is 481 g/mol. The summed E-state index contributed by atoms with van der Waals surface area (Å²) in [6, 6.07) is 8.32. The van der Waals surface area contributed by atoms with E-state index in [9.17, 15) is 27.2 Å². The number of amides is 2. The first kappa shape index (κ1) is 25.5. The van der Waals surface area contributed by atoms with Crippen molar-refractivity contribution < 1.29 is 31.9 Å². The summed E-state index contributed by atoms with van der Waals surface area (Å²) < 4.78 is 57.9. The fourth-order valence-corrected chi connectivity index (χ4v) is 3.90. The zero-order valence-electron chi connectivity index (χ0n) is 19.0. The number of benzene rings is 2. The molecule has 1 saturated heterocycles. The van der Waals surface area contributed by atoms with Gasteiger partial charge in [-0.15, -0.1) is 0 Å². The Bertz CT molecular complexity index is 1030. The molecule has 2 aromatic rings. The van der Waals surface area contributed by atoms with E-state index in [1.54, 1.807) is 33.1 Å². The van der Waals surface area contributed by atoms with Gasteiger partial charge in [-0.1, -0.05) is 32.0 Å². The van der Waals surface area contributed by atoms with Crippen LogP contribution in [0, 0.1) is 11.7 Å². The van der Waals surface area contributed by atoms with E-state index in [4.69, 9.17) is 4.74 Å². The number of carbonyl (C=O) groups excluding carboxylic acids is 2. The van der Waals surface area contributed by atoms with Gasteiger partial charge in [0.25, 0.3) is 0 Å². The maximum absolute atomic E-state index is 14.1. The molecule has 2 aromatic carbocycles. The van der Waals surface area contributed by atoms with Crippen LogP contribution in [0.4, 0.5) is 17.6 Å². The Labute approximate surface area is 195 Å². The quantitative estimate of drug-likeness (QED) is 0.527. The van der Waals surface area contributed by atoms with E-state index in [2.05, 4.69) is 16.0 Å². The third-order valence-electron chi connectivity index (χ3n) is 5.66. The van der Waals surface area contributed by atoms with Crippen molar-refractivity contribution in [3.8, 4) is 5.75 Å². The van der Waals surface area contributed by atoms with E-state index in [0.29, 0.717) is 18.2 Å². The molecule has 1 heterocycles. The average Bonchev–Trinajstić information content (AvgIpc) is 2.76. The second-order valence-corrected chi connectivity index (χ2v) is 8.56. The number of rotatable bonds is 7. The lowest BCUT2D eigenvalue weighted by Gasteiger charge is -2.33. The third-order valence-corrected chi connectivity index (χ3v) is 5.66. The first-order chi connectivity index (χ1) is 16.0. The molecule has 0 bridgehead atoms. The van der Waals surface area contributed by atoms with E-state index in [0.717, 1.165) is 17.7 Å². The van der Waals surface area contributed by atoms with Gasteiger partial charge in [-0.3, -0.25) is 14.9 Å². The summed E-state index contributed by atoms with van der Waals surface area (Å²) >= 11 is 0. The van der Waals surface area contributed by atoms with Crippen molar-refractivity contribution in [1.29, 1.82) is 0 Å². The molecule has 184 valence electrons. The molecule has 3 N–H and O–H groups in total. The van der Waals surface area contributed by atoms with Gasteiger partial charge in [-0.05, 0) is 41.3 Å². The molecule has 3 atom stereocenters. The molecule has 0 saturated carbocycles. The number of alkyl halides is 3. The molecule has 0 spiro atoms. The summed E-state index contributed by atoms with van der Waals surface area (Å²) in [6.45, 7) is 3.52. The Balaban J connectivity index is 1.71. The first-order valence-corrected chi connectivity index (χ1v) is 10.8. The second kappa shape index (κ2) is 10.4. The predicted octanol–water partition coefficient (Wildman–Crippen LogP) is 3.71. The molecule has 0 radical (unpaired) electrons. The van der Waals surface area contributed by atoms with Gasteiger partial charge in [0.2, 0.25) is 11.8 Å². The highest BCUT2D eigenvalue weighted by Crippen LogP contribution is 2.33. The largest absolute Gasteiger partial charge is 0.497 e. The lowest BCUT2D eigenvalue weighted by molar-refractivity contribution is -0.140. The fraction of sp³-hybridized carbons (Fsp3) is 0.417. The Morgan fingerprint density at radius 2 is 1.85 bits per heavy atom. The number of nitrogens with one attached hydrogen (secondary N) is 3. The second-order valence-electron chi connectivity index (χ2n) is 8.56. The number of hydrogen-bond donors (Lipinski definition) is 3. The lowest BCUT2D eigenvalue weighted by Crippen LogP contribution is -2.61. The molecule has 6 nitrogen and oxygen atoms in total. The van der Waals surface area contributed by atoms with Crippen LogP contribution in [0.25, 0.3) is 0 Å². The Hall–Kier alpha value is -3.14. The van der Waals surface area contributed by atoms with Crippen LogP contribution in [0.2, 0.25) is 0 Å². The molecule has 0 aromatic heterocycles. The molecular formula is C24H27F4N3O3. The van der Waals surface area contributed by atoms with Crippen LogP contribution in [0.1, 0.15) is 43.0 Å². The number of halogens is 4. The van der Waals surface area contributed by atoms with Crippen molar-refractivity contribution in [3.63, 3.8) is 0 Å². The van der Waals surface area contributed by atoms with Crippen LogP contribution >= 0.6 is 0 Å². The summed E-state index contributed by atoms with van der Waals surface area (Å²) in [4.78, 5) is 25.2. The minimum atomic E-state index is -4.81. The minimum Gasteiger partial charge on any atom is -0.497 e. The molecule has 2 amide bonds. The average molecular weight is 481 g/mol. The van der Waals surface area contributed by atoms with Crippen LogP contribution in [0.15, 0.2) is 42.5 Å². The molecule has 1 aliphatic heterocycles. The van der Waals surface area contributed by atoms with Crippen molar-refractivity contribution in [3.05, 3.63) is 65.0 Å². The maximum Gasteiger partial charge on any atom is 0.419 e. The summed E-state index contributed by atoms with van der Waals surface area (Å²) in [7, 11) is 1.56. The highest BCUT2D eigenvalue weighted by molar-refractivity contribution is 5.89. The van der Waals surface area contributed by atoms with E-state index < -0.39 is 41.7 Å². The number of carbonyl (C=O) groups is 2. The molecule has 0 aliphatic carbocycles. The van der Waals surface area contributed by atoms with Crippen molar-refractivity contribution in [2.75, 3.05) is 7.11 Å². The normalized spacial score (nSPS) is 19.5. The van der Waals surface area contributed by atoms with Crippen molar-refractivity contribution in [2.45, 2.75) is 51.1 Å². The van der Waals surface area contributed by atoms with Crippen LogP contribution in [0.5, 0.6) is 5.75 Å². The SMILES string of the molecule is COc1ccc(CC2NC(=O)CC(C(=O)N[C@@H](c3ccc(C(F)(F)F)c(F)c3)C(C)C)N2)cc1. The molecule has 3 rings (SSSR count). The van der Waals surface area contributed by atoms with Gasteiger partial charge in [0, 0.05) is 6.42 Å². The van der Waals surface area contributed by atoms with E-state index in [1.807, 2.05) is 12.1 Å². The minimum absolute atomic E-state index is 0.100. The van der Waals surface area contributed by atoms with Gasteiger partial charge in [0.1, 0.15) is 11.6 Å². The van der Waals surface area contributed by atoms with Gasteiger partial charge < -0.3 is 15.4 Å². The van der Waals surface area contributed by atoms with Gasteiger partial charge in [-0.25, -0.2) is 4.39 Å². The highest BCUT2D eigenvalue weighted by atomic mass is 19.4. The fourth-order valence-electron chi connectivity index (χ4n) is 3.90. The molecular weight excluding hydrogens is 454 g/mol. The Kier molecular flexibility index (Phi) is 7.81. The smallest absolute Gasteiger partial charge is 0.419 e. The maximum atomic E-state index is 14.1. The Morgan fingerprint density at radius 1 is 1.18 bits per heavy atom. The molecule has 2 unspecified atom stereocenters. The highest BCUT2D eigenvalue weighted by Gasteiger charge is 2.35. The topological polar surface area (TPSA) is 79.5 Å². The molecule has 10 heteroatoms. The van der Waals surface area contributed by atoms with Crippen LogP contribution in [-0.2, 0) is 22.2 Å². The lowest BCUT2D eigenvalue weighted by atomic mass is 9.94. The van der Waals surface area contributed by atoms with Gasteiger partial charge in [0.05, 0.1) is 37.3 Å². The van der Waals surface area contributed by atoms with E-state index >= 15 is 0 Å². The first-order valence-electron chi connectivity index (χ1n) is 10.8. The molecule has 1 aliphatic rings. The van der Waals surface area contributed by atoms with Crippen LogP contribution in [0.3, 0.4) is 0 Å². The van der Waals surface area contributed by atoms with Gasteiger partial charge in [-0.2, -0.15) is 13.2 Å². The zero-order chi connectivity index (χ0) is 25.0. The summed E-state index contributed by atoms with van der Waals surface area (Å²) in [6.07, 6.45) is -4.97. The summed E-state index contributed by atoms with van der Waals surface area (Å²) in [5, 5.41) is 8.66. The van der Waals surface area contributed by atoms with Crippen LogP contribution in [-0.4, -0.2) is 31.1 Å². The van der Waals surface area contributed by atoms with Gasteiger partial charge in [0.15, 0.2) is 0 Å². The predicted molar refractivity (Wildman–Crippen MR) is 117 cm³/mol. The van der Waals surface area contributed by atoms with E-state index in [1.165, 1.54) is 0 Å². The summed E-state index contributed by atoms with van der Waals surface area (Å²) in [5.41, 5.74) is -0.235. The van der Waals surface area contributed by atoms with Crippen molar-refractivity contribution in [1.82, 2.24) is 16.0 Å². The Morgan fingerprint density at radius 3 is 2.41 bits per heavy atom. The third kappa shape index (κ3) is 6.25. The summed E-state index contributed by atoms with van der Waals surface area (Å²) in [5.74, 6) is -1.75. The number of methoxy groups -OCH3 is 1. The number of hydrogen-bond acceptors (Lipinski definition) is 4. The van der Waals surface area contributed by atoms with Crippen molar-refractivity contribution >= 4 is 11.8 Å².